The van der Waals surface area contributed by atoms with Gasteiger partial charge in [-0.05, 0) is 39.1 Å². The number of benzene rings is 1. The molecule has 1 aliphatic heterocycles. The molecule has 0 spiro atoms. The summed E-state index contributed by atoms with van der Waals surface area (Å²) in [6, 6.07) is 7.77. The number of aryl methyl sites for hydroxylation is 1. The number of nitrogens with zero attached hydrogens (tertiary/aromatic N) is 3. The maximum absolute atomic E-state index is 12.5. The first-order valence-electron chi connectivity index (χ1n) is 8.90. The van der Waals surface area contributed by atoms with Crippen molar-refractivity contribution in [1.82, 2.24) is 14.8 Å². The van der Waals surface area contributed by atoms with Gasteiger partial charge in [0, 0.05) is 36.7 Å². The lowest BCUT2D eigenvalue weighted by Gasteiger charge is -2.18. The normalized spacial score (nSPS) is 16.0. The topological polar surface area (TPSA) is 45.7 Å². The molecule has 1 saturated heterocycles. The number of hydrogen-bond acceptors (Lipinski definition) is 5. The fourth-order valence-electron chi connectivity index (χ4n) is 2.91. The van der Waals surface area contributed by atoms with E-state index < -0.39 is 0 Å². The Bertz CT molecular complexity index is 772. The third-order valence-electron chi connectivity index (χ3n) is 4.40. The molecule has 0 atom stereocenters. The Kier molecular flexibility index (Phi) is 6.41. The Morgan fingerprint density at radius 1 is 1.27 bits per heavy atom. The van der Waals surface area contributed by atoms with Crippen molar-refractivity contribution in [2.75, 3.05) is 33.2 Å². The molecule has 1 fully saturated rings. The van der Waals surface area contributed by atoms with Crippen LogP contribution in [0.25, 0.3) is 6.08 Å². The summed E-state index contributed by atoms with van der Waals surface area (Å²) >= 11 is 1.62. The van der Waals surface area contributed by atoms with Crippen LogP contribution in [0.15, 0.2) is 35.7 Å². The number of rotatable bonds is 5. The minimum absolute atomic E-state index is 0.0604. The highest BCUT2D eigenvalue weighted by Crippen LogP contribution is 2.21. The molecule has 138 valence electrons. The van der Waals surface area contributed by atoms with Crippen LogP contribution in [-0.4, -0.2) is 53.9 Å². The quantitative estimate of drug-likeness (QED) is 0.757. The second kappa shape index (κ2) is 8.96. The third-order valence-corrected chi connectivity index (χ3v) is 5.22. The average molecular weight is 372 g/mol. The van der Waals surface area contributed by atoms with Gasteiger partial charge >= 0.3 is 0 Å². The zero-order valence-corrected chi connectivity index (χ0v) is 16.2. The van der Waals surface area contributed by atoms with E-state index in [1.54, 1.807) is 17.4 Å². The standard InChI is InChI=1S/C20H25N3O2S/c1-16-21-18(15-26-16)14-25-19-7-4-3-6-17(19)8-9-20(24)23-11-5-10-22(2)12-13-23/h3-4,6-9,15H,5,10-14H2,1-2H3/b9-8+. The fraction of sp³-hybridized carbons (Fsp3) is 0.400. The third kappa shape index (κ3) is 5.16. The molecule has 1 amide bonds. The van der Waals surface area contributed by atoms with Crippen LogP contribution in [0.1, 0.15) is 22.7 Å². The van der Waals surface area contributed by atoms with Gasteiger partial charge in [-0.25, -0.2) is 4.98 Å². The lowest BCUT2D eigenvalue weighted by atomic mass is 10.2. The number of hydrogen-bond donors (Lipinski definition) is 0. The van der Waals surface area contributed by atoms with Gasteiger partial charge in [-0.2, -0.15) is 0 Å². The molecule has 2 heterocycles. The molecule has 2 aromatic rings. The highest BCUT2D eigenvalue weighted by Gasteiger charge is 2.15. The number of carbonyl (C=O) groups excluding carboxylic acids is 1. The minimum atomic E-state index is 0.0604. The van der Waals surface area contributed by atoms with Crippen LogP contribution in [0, 0.1) is 6.92 Å². The zero-order valence-electron chi connectivity index (χ0n) is 15.4. The molecular weight excluding hydrogens is 346 g/mol. The molecule has 0 saturated carbocycles. The number of aromatic nitrogens is 1. The fourth-order valence-corrected chi connectivity index (χ4v) is 3.51. The Hall–Kier alpha value is -2.18. The molecule has 26 heavy (non-hydrogen) atoms. The van der Waals surface area contributed by atoms with Gasteiger partial charge in [0.2, 0.25) is 5.91 Å². The number of ether oxygens (including phenoxy) is 1. The van der Waals surface area contributed by atoms with Gasteiger partial charge in [-0.3, -0.25) is 4.79 Å². The molecule has 0 radical (unpaired) electrons. The number of amides is 1. The molecule has 0 aliphatic carbocycles. The second-order valence-electron chi connectivity index (χ2n) is 6.50. The first kappa shape index (κ1) is 18.6. The first-order chi connectivity index (χ1) is 12.6. The van der Waals surface area contributed by atoms with E-state index in [-0.39, 0.29) is 5.91 Å². The number of likely N-dealkylation sites (N-methyl/N-ethyl adjacent to an activating group) is 1. The molecule has 0 bridgehead atoms. The second-order valence-corrected chi connectivity index (χ2v) is 7.56. The van der Waals surface area contributed by atoms with Gasteiger partial charge in [-0.15, -0.1) is 11.3 Å². The van der Waals surface area contributed by atoms with Crippen LogP contribution < -0.4 is 4.74 Å². The Morgan fingerprint density at radius 3 is 2.92 bits per heavy atom. The molecule has 0 N–H and O–H groups in total. The summed E-state index contributed by atoms with van der Waals surface area (Å²) in [7, 11) is 2.10. The van der Waals surface area contributed by atoms with Crippen LogP contribution >= 0.6 is 11.3 Å². The van der Waals surface area contributed by atoms with Crippen LogP contribution in [-0.2, 0) is 11.4 Å². The van der Waals surface area contributed by atoms with E-state index in [1.165, 1.54) is 0 Å². The van der Waals surface area contributed by atoms with Crippen molar-refractivity contribution in [1.29, 1.82) is 0 Å². The predicted molar refractivity (Wildman–Crippen MR) is 105 cm³/mol. The number of para-hydroxylation sites is 1. The van der Waals surface area contributed by atoms with E-state index in [0.29, 0.717) is 6.61 Å². The van der Waals surface area contributed by atoms with Crippen molar-refractivity contribution >= 4 is 23.3 Å². The highest BCUT2D eigenvalue weighted by atomic mass is 32.1. The maximum Gasteiger partial charge on any atom is 0.246 e. The number of carbonyl (C=O) groups is 1. The molecule has 6 heteroatoms. The molecule has 1 aliphatic rings. The summed E-state index contributed by atoms with van der Waals surface area (Å²) in [5.74, 6) is 0.822. The Labute approximate surface area is 158 Å². The van der Waals surface area contributed by atoms with Gasteiger partial charge in [0.05, 0.1) is 10.7 Å². The number of thiazole rings is 1. The summed E-state index contributed by atoms with van der Waals surface area (Å²) in [4.78, 5) is 21.1. The van der Waals surface area contributed by atoms with Crippen molar-refractivity contribution in [3.8, 4) is 5.75 Å². The first-order valence-corrected chi connectivity index (χ1v) is 9.78. The largest absolute Gasteiger partial charge is 0.487 e. The van der Waals surface area contributed by atoms with E-state index in [4.69, 9.17) is 4.74 Å². The summed E-state index contributed by atoms with van der Waals surface area (Å²) in [5.41, 5.74) is 1.83. The van der Waals surface area contributed by atoms with Gasteiger partial charge in [0.1, 0.15) is 12.4 Å². The van der Waals surface area contributed by atoms with Crippen LogP contribution in [0.5, 0.6) is 5.75 Å². The predicted octanol–water partition coefficient (Wildman–Crippen LogP) is 3.21. The van der Waals surface area contributed by atoms with Gasteiger partial charge in [-0.1, -0.05) is 18.2 Å². The molecule has 0 unspecified atom stereocenters. The van der Waals surface area contributed by atoms with Crippen molar-refractivity contribution in [3.05, 3.63) is 52.0 Å². The highest BCUT2D eigenvalue weighted by molar-refractivity contribution is 7.09. The van der Waals surface area contributed by atoms with Gasteiger partial charge in [0.25, 0.3) is 0 Å². The molecular formula is C20H25N3O2S. The minimum Gasteiger partial charge on any atom is -0.487 e. The van der Waals surface area contributed by atoms with Gasteiger partial charge in [0.15, 0.2) is 0 Å². The Morgan fingerprint density at radius 2 is 2.12 bits per heavy atom. The van der Waals surface area contributed by atoms with Crippen LogP contribution in [0.4, 0.5) is 0 Å². The van der Waals surface area contributed by atoms with E-state index in [9.17, 15) is 4.79 Å². The van der Waals surface area contributed by atoms with Crippen molar-refractivity contribution in [2.45, 2.75) is 20.0 Å². The van der Waals surface area contributed by atoms with Crippen molar-refractivity contribution in [3.63, 3.8) is 0 Å². The average Bonchev–Trinajstić information content (AvgIpc) is 2.93. The maximum atomic E-state index is 12.5. The lowest BCUT2D eigenvalue weighted by molar-refractivity contribution is -0.125. The monoisotopic (exact) mass is 371 g/mol. The summed E-state index contributed by atoms with van der Waals surface area (Å²) < 4.78 is 5.91. The van der Waals surface area contributed by atoms with E-state index in [0.717, 1.165) is 54.6 Å². The molecule has 5 nitrogen and oxygen atoms in total. The summed E-state index contributed by atoms with van der Waals surface area (Å²) in [6.07, 6.45) is 4.52. The summed E-state index contributed by atoms with van der Waals surface area (Å²) in [6.45, 7) is 5.97. The van der Waals surface area contributed by atoms with Crippen LogP contribution in [0.2, 0.25) is 0 Å². The van der Waals surface area contributed by atoms with E-state index >= 15 is 0 Å². The molecule has 1 aromatic heterocycles. The lowest BCUT2D eigenvalue weighted by Crippen LogP contribution is -2.33. The van der Waals surface area contributed by atoms with Gasteiger partial charge < -0.3 is 14.5 Å². The zero-order chi connectivity index (χ0) is 18.4. The van der Waals surface area contributed by atoms with Crippen molar-refractivity contribution < 1.29 is 9.53 Å². The molecule has 1 aromatic carbocycles. The SMILES string of the molecule is Cc1nc(COc2ccccc2/C=C/C(=O)N2CCCN(C)CC2)cs1. The molecule has 3 rings (SSSR count). The van der Waals surface area contributed by atoms with E-state index in [2.05, 4.69) is 16.9 Å². The van der Waals surface area contributed by atoms with Crippen LogP contribution in [0.3, 0.4) is 0 Å². The summed E-state index contributed by atoms with van der Waals surface area (Å²) in [5, 5.41) is 3.04. The Balaban J connectivity index is 1.63. The van der Waals surface area contributed by atoms with E-state index in [1.807, 2.05) is 47.5 Å². The smallest absolute Gasteiger partial charge is 0.246 e. The van der Waals surface area contributed by atoms with Crippen molar-refractivity contribution in [2.24, 2.45) is 0 Å².